The van der Waals surface area contributed by atoms with Crippen LogP contribution in [-0.4, -0.2) is 18.8 Å². The van der Waals surface area contributed by atoms with Gasteiger partial charge in [0.25, 0.3) is 0 Å². The maximum Gasteiger partial charge on any atom is 0.120 e. The summed E-state index contributed by atoms with van der Waals surface area (Å²) < 4.78 is 5.12. The number of hydrogen-bond donors (Lipinski definition) is 1. The second kappa shape index (κ2) is 2.65. The molecule has 2 unspecified atom stereocenters. The van der Waals surface area contributed by atoms with Gasteiger partial charge in [-0.25, -0.2) is 0 Å². The van der Waals surface area contributed by atoms with Crippen LogP contribution < -0.4 is 5.32 Å². The van der Waals surface area contributed by atoms with Gasteiger partial charge in [-0.3, -0.25) is 0 Å². The molecule has 2 atom stereocenters. The molecule has 0 bridgehead atoms. The highest BCUT2D eigenvalue weighted by Crippen LogP contribution is 2.21. The molecular weight excluding hydrogens is 152 g/mol. The van der Waals surface area contributed by atoms with Crippen molar-refractivity contribution in [2.24, 2.45) is 0 Å². The lowest BCUT2D eigenvalue weighted by atomic mass is 10.1. The summed E-state index contributed by atoms with van der Waals surface area (Å²) in [7, 11) is 0. The summed E-state index contributed by atoms with van der Waals surface area (Å²) in [5, 5.41) is 11.9. The van der Waals surface area contributed by atoms with Crippen molar-refractivity contribution >= 4 is 0 Å². The van der Waals surface area contributed by atoms with Gasteiger partial charge in [0.05, 0.1) is 24.3 Å². The molecule has 1 fully saturated rings. The molecule has 62 valence electrons. The Morgan fingerprint density at radius 1 is 1.67 bits per heavy atom. The summed E-state index contributed by atoms with van der Waals surface area (Å²) in [5.41, 5.74) is 1.88. The first kappa shape index (κ1) is 7.38. The third-order valence-corrected chi connectivity index (χ3v) is 2.10. The number of ether oxygens (including phenoxy) is 1. The van der Waals surface area contributed by atoms with Crippen molar-refractivity contribution in [3.8, 4) is 6.07 Å². The van der Waals surface area contributed by atoms with Gasteiger partial charge < -0.3 is 10.1 Å². The third kappa shape index (κ3) is 1.21. The molecule has 0 aliphatic carbocycles. The number of hydrogen-bond acceptors (Lipinski definition) is 3. The minimum absolute atomic E-state index is 0.124. The third-order valence-electron chi connectivity index (χ3n) is 2.10. The number of nitrogens with zero attached hydrogens (tertiary/aromatic N) is 1. The lowest BCUT2D eigenvalue weighted by Crippen LogP contribution is -2.31. The van der Waals surface area contributed by atoms with Crippen LogP contribution >= 0.6 is 0 Å². The predicted octanol–water partition coefficient (Wildman–Crippen LogP) is 0.711. The summed E-state index contributed by atoms with van der Waals surface area (Å²) in [5.74, 6) is 0. The van der Waals surface area contributed by atoms with Crippen molar-refractivity contribution < 1.29 is 4.74 Å². The minimum atomic E-state index is 0.124. The molecule has 2 heterocycles. The minimum Gasteiger partial charge on any atom is -0.379 e. The Bertz CT molecular complexity index is 294. The highest BCUT2D eigenvalue weighted by atomic mass is 16.6. The van der Waals surface area contributed by atoms with Gasteiger partial charge in [-0.1, -0.05) is 0 Å². The molecule has 0 amide bonds. The Labute approximate surface area is 71.3 Å². The van der Waals surface area contributed by atoms with E-state index in [1.807, 2.05) is 19.1 Å². The first-order valence-electron chi connectivity index (χ1n) is 4.01. The van der Waals surface area contributed by atoms with Gasteiger partial charge in [-0.05, 0) is 19.1 Å². The number of allylic oxidation sites excluding steroid dienone is 2. The number of dihydropyridines is 1. The topological polar surface area (TPSA) is 48.3 Å². The van der Waals surface area contributed by atoms with Crippen molar-refractivity contribution in [1.29, 1.82) is 5.26 Å². The summed E-state index contributed by atoms with van der Waals surface area (Å²) in [6.45, 7) is 2.78. The van der Waals surface area contributed by atoms with Gasteiger partial charge in [0.15, 0.2) is 0 Å². The van der Waals surface area contributed by atoms with E-state index in [9.17, 15) is 0 Å². The molecular formula is C9H10N2O. The Balaban J connectivity index is 2.17. The number of rotatable bonds is 1. The van der Waals surface area contributed by atoms with Crippen LogP contribution in [0.3, 0.4) is 0 Å². The molecule has 0 aromatic carbocycles. The number of epoxide rings is 1. The van der Waals surface area contributed by atoms with E-state index >= 15 is 0 Å². The molecule has 1 saturated heterocycles. The highest BCUT2D eigenvalue weighted by molar-refractivity contribution is 5.37. The van der Waals surface area contributed by atoms with E-state index in [2.05, 4.69) is 11.4 Å². The Morgan fingerprint density at radius 2 is 2.42 bits per heavy atom. The van der Waals surface area contributed by atoms with Crippen LogP contribution in [-0.2, 0) is 4.74 Å². The molecule has 0 aromatic rings. The van der Waals surface area contributed by atoms with E-state index in [1.54, 1.807) is 0 Å². The quantitative estimate of drug-likeness (QED) is 0.578. The standard InChI is InChI=1S/C9H10N2O/c1-6-7(4-10)2-3-8(11-6)9-5-12-9/h2-3,6,9,11H,5H2,1H3. The van der Waals surface area contributed by atoms with Crippen molar-refractivity contribution in [2.75, 3.05) is 6.61 Å². The molecule has 2 aliphatic heterocycles. The van der Waals surface area contributed by atoms with E-state index in [-0.39, 0.29) is 12.1 Å². The van der Waals surface area contributed by atoms with Gasteiger partial charge in [-0.15, -0.1) is 0 Å². The second-order valence-corrected chi connectivity index (χ2v) is 3.04. The van der Waals surface area contributed by atoms with Crippen molar-refractivity contribution in [1.82, 2.24) is 5.32 Å². The van der Waals surface area contributed by atoms with E-state index in [4.69, 9.17) is 10.00 Å². The molecule has 2 aliphatic rings. The first-order chi connectivity index (χ1) is 5.81. The van der Waals surface area contributed by atoms with E-state index in [0.29, 0.717) is 0 Å². The molecule has 1 N–H and O–H groups in total. The molecule has 3 nitrogen and oxygen atoms in total. The van der Waals surface area contributed by atoms with Crippen molar-refractivity contribution in [2.45, 2.75) is 19.1 Å². The smallest absolute Gasteiger partial charge is 0.120 e. The fourth-order valence-electron chi connectivity index (χ4n) is 1.26. The summed E-state index contributed by atoms with van der Waals surface area (Å²) >= 11 is 0. The lowest BCUT2D eigenvalue weighted by molar-refractivity contribution is 0.418. The predicted molar refractivity (Wildman–Crippen MR) is 44.1 cm³/mol. The Kier molecular flexibility index (Phi) is 1.63. The van der Waals surface area contributed by atoms with Crippen molar-refractivity contribution in [3.63, 3.8) is 0 Å². The summed E-state index contributed by atoms with van der Waals surface area (Å²) in [6.07, 6.45) is 4.04. The van der Waals surface area contributed by atoms with Crippen molar-refractivity contribution in [3.05, 3.63) is 23.4 Å². The summed E-state index contributed by atoms with van der Waals surface area (Å²) in [6, 6.07) is 2.27. The second-order valence-electron chi connectivity index (χ2n) is 3.04. The van der Waals surface area contributed by atoms with Crippen LogP contribution in [0.15, 0.2) is 23.4 Å². The molecule has 2 rings (SSSR count). The first-order valence-corrected chi connectivity index (χ1v) is 4.01. The maximum atomic E-state index is 8.68. The zero-order valence-corrected chi connectivity index (χ0v) is 6.87. The highest BCUT2D eigenvalue weighted by Gasteiger charge is 2.29. The summed E-state index contributed by atoms with van der Waals surface area (Å²) in [4.78, 5) is 0. The van der Waals surface area contributed by atoms with Gasteiger partial charge in [0, 0.05) is 5.70 Å². The molecule has 12 heavy (non-hydrogen) atoms. The Morgan fingerprint density at radius 3 is 2.92 bits per heavy atom. The number of nitriles is 1. The van der Waals surface area contributed by atoms with E-state index < -0.39 is 0 Å². The maximum absolute atomic E-state index is 8.68. The lowest BCUT2D eigenvalue weighted by Gasteiger charge is -2.19. The van der Waals surface area contributed by atoms with Gasteiger partial charge in [0.2, 0.25) is 0 Å². The molecule has 0 saturated carbocycles. The Hall–Kier alpha value is -1.27. The van der Waals surface area contributed by atoms with Crippen LogP contribution in [0.1, 0.15) is 6.92 Å². The molecule has 0 aromatic heterocycles. The van der Waals surface area contributed by atoms with Gasteiger partial charge in [0.1, 0.15) is 6.10 Å². The van der Waals surface area contributed by atoms with Crippen LogP contribution in [0.25, 0.3) is 0 Å². The van der Waals surface area contributed by atoms with Crippen LogP contribution in [0.4, 0.5) is 0 Å². The largest absolute Gasteiger partial charge is 0.379 e. The molecule has 3 heteroatoms. The average Bonchev–Trinajstić information content (AvgIpc) is 2.86. The van der Waals surface area contributed by atoms with Gasteiger partial charge in [-0.2, -0.15) is 5.26 Å². The van der Waals surface area contributed by atoms with E-state index in [1.165, 1.54) is 0 Å². The SMILES string of the molecule is CC1NC(C2CO2)=CC=C1C#N. The van der Waals surface area contributed by atoms with E-state index in [0.717, 1.165) is 17.9 Å². The van der Waals surface area contributed by atoms with Gasteiger partial charge >= 0.3 is 0 Å². The molecule has 0 radical (unpaired) electrons. The molecule has 0 spiro atoms. The normalized spacial score (nSPS) is 32.7. The van der Waals surface area contributed by atoms with Crippen LogP contribution in [0.2, 0.25) is 0 Å². The fourth-order valence-corrected chi connectivity index (χ4v) is 1.26. The zero-order chi connectivity index (χ0) is 8.55. The fraction of sp³-hybridized carbons (Fsp3) is 0.444. The van der Waals surface area contributed by atoms with Crippen LogP contribution in [0, 0.1) is 11.3 Å². The number of nitrogens with one attached hydrogen (secondary N) is 1. The van der Waals surface area contributed by atoms with Crippen LogP contribution in [0.5, 0.6) is 0 Å². The monoisotopic (exact) mass is 162 g/mol. The average molecular weight is 162 g/mol. The zero-order valence-electron chi connectivity index (χ0n) is 6.87.